The third-order valence-electron chi connectivity index (χ3n) is 4.31. The van der Waals surface area contributed by atoms with E-state index in [1.165, 1.54) is 17.0 Å². The summed E-state index contributed by atoms with van der Waals surface area (Å²) < 4.78 is 1.33. The molecule has 0 saturated heterocycles. The maximum Gasteiger partial charge on any atom is 0.276 e. The molecule has 3 heterocycles. The maximum atomic E-state index is 13.3. The van der Waals surface area contributed by atoms with Crippen molar-refractivity contribution in [3.05, 3.63) is 54.9 Å². The van der Waals surface area contributed by atoms with E-state index in [0.29, 0.717) is 22.5 Å². The van der Waals surface area contributed by atoms with Gasteiger partial charge in [0.2, 0.25) is 0 Å². The Morgan fingerprint density at radius 1 is 1.07 bits per heavy atom. The maximum absolute atomic E-state index is 13.3. The molecular weight excluding hydrogens is 421 g/mol. The summed E-state index contributed by atoms with van der Waals surface area (Å²) >= 11 is 18.6. The Hall–Kier alpha value is -2.20. The fourth-order valence-electron chi connectivity index (χ4n) is 3.01. The van der Waals surface area contributed by atoms with Gasteiger partial charge in [0, 0.05) is 5.39 Å². The first kappa shape index (κ1) is 20.5. The number of nitrogens with zero attached hydrogens (tertiary/aromatic N) is 5. The molecule has 3 rings (SSSR count). The molecule has 0 unspecified atom stereocenters. The average molecular weight is 437 g/mol. The fourth-order valence-corrected chi connectivity index (χ4v) is 3.56. The molecule has 6 nitrogen and oxygen atoms in total. The first-order valence-electron chi connectivity index (χ1n) is 8.54. The predicted molar refractivity (Wildman–Crippen MR) is 111 cm³/mol. The van der Waals surface area contributed by atoms with E-state index >= 15 is 0 Å². The third-order valence-corrected chi connectivity index (χ3v) is 5.37. The lowest BCUT2D eigenvalue weighted by molar-refractivity contribution is 0.740. The second-order valence-electron chi connectivity index (χ2n) is 6.88. The molecule has 0 aromatic carbocycles. The lowest BCUT2D eigenvalue weighted by atomic mass is 10.0. The van der Waals surface area contributed by atoms with E-state index in [0.717, 1.165) is 0 Å². The molecule has 3 aromatic heterocycles. The minimum absolute atomic E-state index is 0.0126. The summed E-state index contributed by atoms with van der Waals surface area (Å²) in [4.78, 5) is 26.3. The molecule has 0 atom stereocenters. The van der Waals surface area contributed by atoms with Crippen LogP contribution in [0.4, 0.5) is 0 Å². The zero-order valence-corrected chi connectivity index (χ0v) is 17.9. The van der Waals surface area contributed by atoms with Gasteiger partial charge in [-0.3, -0.25) is 9.36 Å². The summed E-state index contributed by atoms with van der Waals surface area (Å²) in [6, 6.07) is 3.39. The first-order valence-corrected chi connectivity index (χ1v) is 9.67. The van der Waals surface area contributed by atoms with Gasteiger partial charge >= 0.3 is 0 Å². The molecule has 0 aliphatic heterocycles. The second-order valence-corrected chi connectivity index (χ2v) is 8.02. The SMILES string of the molecule is CC(C)c1ncnc(C(C)C)c1-n1c(=O)c(C#N)c(Cl)c2cc(Cl)c(Cl)nc21. The van der Waals surface area contributed by atoms with Crippen LogP contribution in [0.2, 0.25) is 15.2 Å². The van der Waals surface area contributed by atoms with Gasteiger partial charge in [0.15, 0.2) is 5.65 Å². The molecule has 0 spiro atoms. The zero-order chi connectivity index (χ0) is 20.7. The summed E-state index contributed by atoms with van der Waals surface area (Å²) in [5.74, 6) is -0.0251. The molecule has 0 bridgehead atoms. The Kier molecular flexibility index (Phi) is 5.62. The van der Waals surface area contributed by atoms with Gasteiger partial charge in [-0.1, -0.05) is 62.5 Å². The van der Waals surface area contributed by atoms with Crippen LogP contribution in [0.1, 0.15) is 56.5 Å². The molecule has 0 aliphatic rings. The van der Waals surface area contributed by atoms with Gasteiger partial charge in [-0.05, 0) is 17.9 Å². The monoisotopic (exact) mass is 435 g/mol. The summed E-state index contributed by atoms with van der Waals surface area (Å²) in [6.07, 6.45) is 1.47. The van der Waals surface area contributed by atoms with E-state index in [9.17, 15) is 10.1 Å². The molecule has 0 aliphatic carbocycles. The van der Waals surface area contributed by atoms with Crippen molar-refractivity contribution in [2.45, 2.75) is 39.5 Å². The Balaban J connectivity index is 2.65. The smallest absolute Gasteiger partial charge is 0.267 e. The molecule has 0 N–H and O–H groups in total. The third kappa shape index (κ3) is 3.24. The van der Waals surface area contributed by atoms with Crippen LogP contribution in [0, 0.1) is 11.3 Å². The minimum Gasteiger partial charge on any atom is -0.267 e. The van der Waals surface area contributed by atoms with Crippen molar-refractivity contribution in [1.29, 1.82) is 5.26 Å². The Morgan fingerprint density at radius 3 is 2.14 bits per heavy atom. The van der Waals surface area contributed by atoms with Crippen molar-refractivity contribution < 1.29 is 0 Å². The molecule has 28 heavy (non-hydrogen) atoms. The highest BCUT2D eigenvalue weighted by molar-refractivity contribution is 6.42. The lowest BCUT2D eigenvalue weighted by Crippen LogP contribution is -2.26. The quantitative estimate of drug-likeness (QED) is 0.523. The van der Waals surface area contributed by atoms with Crippen molar-refractivity contribution in [1.82, 2.24) is 19.5 Å². The van der Waals surface area contributed by atoms with Gasteiger partial charge in [0.25, 0.3) is 5.56 Å². The van der Waals surface area contributed by atoms with Crippen molar-refractivity contribution in [3.8, 4) is 11.8 Å². The summed E-state index contributed by atoms with van der Waals surface area (Å²) in [5.41, 5.74) is 1.18. The van der Waals surface area contributed by atoms with Gasteiger partial charge in [-0.15, -0.1) is 0 Å². The molecule has 0 saturated carbocycles. The Morgan fingerprint density at radius 2 is 1.64 bits per heavy atom. The van der Waals surface area contributed by atoms with Crippen LogP contribution < -0.4 is 5.56 Å². The number of hydrogen-bond acceptors (Lipinski definition) is 5. The van der Waals surface area contributed by atoms with Crippen LogP contribution in [0.25, 0.3) is 16.7 Å². The fraction of sp³-hybridized carbons (Fsp3) is 0.316. The topological polar surface area (TPSA) is 84.5 Å². The number of fused-ring (bicyclic) bond motifs is 1. The van der Waals surface area contributed by atoms with E-state index in [2.05, 4.69) is 15.0 Å². The molecule has 0 radical (unpaired) electrons. The van der Waals surface area contributed by atoms with E-state index < -0.39 is 5.56 Å². The molecule has 0 amide bonds. The zero-order valence-electron chi connectivity index (χ0n) is 15.6. The number of pyridine rings is 2. The van der Waals surface area contributed by atoms with E-state index in [1.807, 2.05) is 33.8 Å². The number of rotatable bonds is 3. The highest BCUT2D eigenvalue weighted by Crippen LogP contribution is 2.34. The van der Waals surface area contributed by atoms with Crippen LogP contribution in [0.15, 0.2) is 17.2 Å². The molecular formula is C19H16Cl3N5O. The van der Waals surface area contributed by atoms with Crippen LogP contribution in [0.3, 0.4) is 0 Å². The largest absolute Gasteiger partial charge is 0.276 e. The highest BCUT2D eigenvalue weighted by atomic mass is 35.5. The standard InChI is InChI=1S/C19H16Cl3N5O/c1-8(2)14-16(15(9(3)4)25-7-24-14)27-18-10(5-12(20)17(22)26-18)13(21)11(6-23)19(27)28/h5,7-9H,1-4H3. The van der Waals surface area contributed by atoms with Crippen molar-refractivity contribution in [2.24, 2.45) is 0 Å². The van der Waals surface area contributed by atoms with Gasteiger partial charge in [0.05, 0.1) is 27.1 Å². The summed E-state index contributed by atoms with van der Waals surface area (Å²) in [6.45, 7) is 7.84. The number of aromatic nitrogens is 4. The first-order chi connectivity index (χ1) is 13.2. The molecule has 9 heteroatoms. The summed E-state index contributed by atoms with van der Waals surface area (Å²) in [7, 11) is 0. The normalized spacial score (nSPS) is 11.4. The van der Waals surface area contributed by atoms with Gasteiger partial charge in [-0.2, -0.15) is 5.26 Å². The van der Waals surface area contributed by atoms with Crippen LogP contribution in [-0.4, -0.2) is 19.5 Å². The highest BCUT2D eigenvalue weighted by Gasteiger charge is 2.25. The molecule has 3 aromatic rings. The molecule has 144 valence electrons. The van der Waals surface area contributed by atoms with Gasteiger partial charge in [-0.25, -0.2) is 15.0 Å². The Labute approximate surface area is 176 Å². The van der Waals surface area contributed by atoms with E-state index in [1.54, 1.807) is 0 Å². The van der Waals surface area contributed by atoms with Crippen molar-refractivity contribution in [3.63, 3.8) is 0 Å². The predicted octanol–water partition coefficient (Wildman–Crippen LogP) is 5.25. The van der Waals surface area contributed by atoms with Crippen molar-refractivity contribution in [2.75, 3.05) is 0 Å². The minimum atomic E-state index is -0.607. The van der Waals surface area contributed by atoms with Gasteiger partial charge in [0.1, 0.15) is 23.1 Å². The lowest BCUT2D eigenvalue weighted by Gasteiger charge is -2.20. The van der Waals surface area contributed by atoms with E-state index in [-0.39, 0.29) is 38.2 Å². The number of nitriles is 1. The van der Waals surface area contributed by atoms with Crippen LogP contribution in [-0.2, 0) is 0 Å². The average Bonchev–Trinajstić information content (AvgIpc) is 2.64. The van der Waals surface area contributed by atoms with Crippen molar-refractivity contribution >= 4 is 45.8 Å². The van der Waals surface area contributed by atoms with E-state index in [4.69, 9.17) is 34.8 Å². The number of halogens is 3. The Bertz CT molecular complexity index is 1170. The molecule has 0 fully saturated rings. The second kappa shape index (κ2) is 7.67. The van der Waals surface area contributed by atoms with Crippen LogP contribution >= 0.6 is 34.8 Å². The number of hydrogen-bond donors (Lipinski definition) is 0. The summed E-state index contributed by atoms with van der Waals surface area (Å²) in [5, 5.41) is 10.1. The van der Waals surface area contributed by atoms with Gasteiger partial charge < -0.3 is 0 Å². The van der Waals surface area contributed by atoms with Crippen LogP contribution in [0.5, 0.6) is 0 Å².